The maximum atomic E-state index is 14.0. The second-order valence-corrected chi connectivity index (χ2v) is 10.1. The van der Waals surface area contributed by atoms with E-state index in [2.05, 4.69) is 5.32 Å². The van der Waals surface area contributed by atoms with Crippen LogP contribution in [-0.2, 0) is 14.3 Å². The molecule has 0 radical (unpaired) electrons. The van der Waals surface area contributed by atoms with E-state index in [0.717, 1.165) is 18.9 Å². The molecule has 3 aliphatic heterocycles. The summed E-state index contributed by atoms with van der Waals surface area (Å²) >= 11 is 6.06. The molecule has 0 unspecified atom stereocenters. The Kier molecular flexibility index (Phi) is 7.46. The van der Waals surface area contributed by atoms with Gasteiger partial charge in [-0.05, 0) is 49.2 Å². The molecule has 0 bridgehead atoms. The topological polar surface area (TPSA) is 88.2 Å². The van der Waals surface area contributed by atoms with Gasteiger partial charge in [-0.25, -0.2) is 4.39 Å². The van der Waals surface area contributed by atoms with Crippen molar-refractivity contribution in [2.75, 3.05) is 32.8 Å². The van der Waals surface area contributed by atoms with Gasteiger partial charge in [-0.15, -0.1) is 0 Å². The number of carbonyl (C=O) groups excluding carboxylic acids is 3. The lowest BCUT2D eigenvalue weighted by Crippen LogP contribution is -2.60. The summed E-state index contributed by atoms with van der Waals surface area (Å²) in [4.78, 5) is 43.1. The Hall–Kier alpha value is -3.01. The van der Waals surface area contributed by atoms with Crippen LogP contribution < -0.4 is 5.32 Å². The predicted octanol–water partition coefficient (Wildman–Crippen LogP) is 3.25. The molecule has 2 aromatic rings. The van der Waals surface area contributed by atoms with Crippen molar-refractivity contribution in [2.45, 2.75) is 43.6 Å². The fraction of sp³-hybridized carbons (Fsp3) is 0.444. The van der Waals surface area contributed by atoms with Crippen LogP contribution in [0.4, 0.5) is 4.39 Å². The van der Waals surface area contributed by atoms with E-state index >= 15 is 0 Å². The number of rotatable bonds is 5. The summed E-state index contributed by atoms with van der Waals surface area (Å²) in [5.74, 6) is -1.52. The molecule has 3 amide bonds. The first-order valence-corrected chi connectivity index (χ1v) is 12.9. The number of likely N-dealkylation sites (tertiary alicyclic amines) is 1. The Morgan fingerprint density at radius 3 is 2.46 bits per heavy atom. The second-order valence-electron chi connectivity index (χ2n) is 9.64. The molecule has 1 N–H and O–H groups in total. The van der Waals surface area contributed by atoms with Crippen molar-refractivity contribution in [3.05, 3.63) is 70.5 Å². The summed E-state index contributed by atoms with van der Waals surface area (Å²) in [5, 5.41) is 3.38. The molecule has 8 nitrogen and oxygen atoms in total. The lowest BCUT2D eigenvalue weighted by atomic mass is 9.96. The first kappa shape index (κ1) is 25.6. The molecule has 0 aliphatic carbocycles. The number of carbonyl (C=O) groups is 3. The Morgan fingerprint density at radius 1 is 1.05 bits per heavy atom. The van der Waals surface area contributed by atoms with Crippen LogP contribution in [0, 0.1) is 5.82 Å². The number of hydrogen-bond donors (Lipinski definition) is 1. The fourth-order valence-electron chi connectivity index (χ4n) is 5.33. The maximum absolute atomic E-state index is 14.0. The molecular weight excluding hydrogens is 501 g/mol. The highest BCUT2D eigenvalue weighted by Gasteiger charge is 2.54. The van der Waals surface area contributed by atoms with Gasteiger partial charge in [-0.3, -0.25) is 19.3 Å². The SMILES string of the molecule is O=C(NC[C@H]1CCCO1)[C@@H]1COC2(CCN(C(=O)c3cccc(Cl)c3)CC2)N1C(=O)c1cccc(F)c1. The van der Waals surface area contributed by atoms with E-state index in [1.54, 1.807) is 29.2 Å². The summed E-state index contributed by atoms with van der Waals surface area (Å²) in [6, 6.07) is 11.3. The smallest absolute Gasteiger partial charge is 0.256 e. The first-order chi connectivity index (χ1) is 17.9. The summed E-state index contributed by atoms with van der Waals surface area (Å²) in [6.07, 6.45) is 2.40. The molecule has 3 saturated heterocycles. The molecule has 5 rings (SSSR count). The summed E-state index contributed by atoms with van der Waals surface area (Å²) < 4.78 is 25.8. The quantitative estimate of drug-likeness (QED) is 0.642. The average molecular weight is 530 g/mol. The third kappa shape index (κ3) is 5.35. The molecule has 0 saturated carbocycles. The fourth-order valence-corrected chi connectivity index (χ4v) is 5.52. The molecule has 3 aliphatic rings. The van der Waals surface area contributed by atoms with E-state index in [-0.39, 0.29) is 30.1 Å². The zero-order valence-corrected chi connectivity index (χ0v) is 21.1. The Balaban J connectivity index is 1.35. The Labute approximate surface area is 219 Å². The van der Waals surface area contributed by atoms with E-state index in [0.29, 0.717) is 49.7 Å². The second kappa shape index (κ2) is 10.8. The van der Waals surface area contributed by atoms with E-state index in [9.17, 15) is 18.8 Å². The van der Waals surface area contributed by atoms with Crippen LogP contribution in [0.2, 0.25) is 5.02 Å². The van der Waals surface area contributed by atoms with Crippen LogP contribution in [0.1, 0.15) is 46.4 Å². The van der Waals surface area contributed by atoms with Gasteiger partial charge in [0.1, 0.15) is 17.6 Å². The van der Waals surface area contributed by atoms with Crippen LogP contribution in [-0.4, -0.2) is 78.2 Å². The normalized spacial score (nSPS) is 22.9. The lowest BCUT2D eigenvalue weighted by Gasteiger charge is -2.44. The van der Waals surface area contributed by atoms with Crippen molar-refractivity contribution >= 4 is 29.3 Å². The number of nitrogens with one attached hydrogen (secondary N) is 1. The molecule has 2 aromatic carbocycles. The minimum absolute atomic E-state index is 0.0145. The van der Waals surface area contributed by atoms with Crippen LogP contribution in [0.15, 0.2) is 48.5 Å². The monoisotopic (exact) mass is 529 g/mol. The highest BCUT2D eigenvalue weighted by molar-refractivity contribution is 6.30. The molecule has 37 heavy (non-hydrogen) atoms. The third-order valence-electron chi connectivity index (χ3n) is 7.29. The Morgan fingerprint density at radius 2 is 1.78 bits per heavy atom. The summed E-state index contributed by atoms with van der Waals surface area (Å²) in [6.45, 7) is 1.68. The number of hydrogen-bond acceptors (Lipinski definition) is 5. The van der Waals surface area contributed by atoms with Gasteiger partial charge in [-0.1, -0.05) is 23.7 Å². The standard InChI is InChI=1S/C27H29ClFN3O5/c28-20-6-1-4-18(14-20)25(34)31-11-9-27(10-12-31)32(26(35)19-5-2-7-21(29)15-19)23(17-37-27)24(33)30-16-22-8-3-13-36-22/h1-2,4-7,14-15,22-23H,3,8-13,16-17H2,(H,30,33)/t22-,23+/m1/s1. The van der Waals surface area contributed by atoms with Gasteiger partial charge in [0.25, 0.3) is 11.8 Å². The van der Waals surface area contributed by atoms with Crippen molar-refractivity contribution < 1.29 is 28.2 Å². The van der Waals surface area contributed by atoms with Crippen LogP contribution in [0.25, 0.3) is 0 Å². The number of halogens is 2. The average Bonchev–Trinajstić information content (AvgIpc) is 3.55. The number of nitrogens with zero attached hydrogens (tertiary/aromatic N) is 2. The van der Waals surface area contributed by atoms with E-state index in [1.807, 2.05) is 0 Å². The molecule has 3 fully saturated rings. The summed E-state index contributed by atoms with van der Waals surface area (Å²) in [7, 11) is 0. The van der Waals surface area contributed by atoms with Gasteiger partial charge in [-0.2, -0.15) is 0 Å². The molecule has 2 atom stereocenters. The zero-order valence-electron chi connectivity index (χ0n) is 20.3. The zero-order chi connectivity index (χ0) is 26.0. The molecule has 3 heterocycles. The predicted molar refractivity (Wildman–Crippen MR) is 134 cm³/mol. The number of piperidine rings is 1. The van der Waals surface area contributed by atoms with E-state index in [4.69, 9.17) is 21.1 Å². The van der Waals surface area contributed by atoms with Gasteiger partial charge in [0, 0.05) is 55.2 Å². The lowest BCUT2D eigenvalue weighted by molar-refractivity contribution is -0.128. The highest BCUT2D eigenvalue weighted by Crippen LogP contribution is 2.39. The molecule has 0 aromatic heterocycles. The van der Waals surface area contributed by atoms with Crippen molar-refractivity contribution in [1.29, 1.82) is 0 Å². The van der Waals surface area contributed by atoms with Gasteiger partial charge >= 0.3 is 0 Å². The minimum Gasteiger partial charge on any atom is -0.376 e. The van der Waals surface area contributed by atoms with Crippen molar-refractivity contribution in [2.24, 2.45) is 0 Å². The van der Waals surface area contributed by atoms with Gasteiger partial charge in [0.15, 0.2) is 0 Å². The van der Waals surface area contributed by atoms with Crippen LogP contribution >= 0.6 is 11.6 Å². The minimum atomic E-state index is -1.08. The molecule has 10 heteroatoms. The van der Waals surface area contributed by atoms with Crippen molar-refractivity contribution in [1.82, 2.24) is 15.1 Å². The number of amides is 3. The summed E-state index contributed by atoms with van der Waals surface area (Å²) in [5.41, 5.74) is -0.463. The number of benzene rings is 2. The van der Waals surface area contributed by atoms with Crippen LogP contribution in [0.3, 0.4) is 0 Å². The van der Waals surface area contributed by atoms with Crippen LogP contribution in [0.5, 0.6) is 0 Å². The third-order valence-corrected chi connectivity index (χ3v) is 7.52. The maximum Gasteiger partial charge on any atom is 0.256 e. The molecule has 196 valence electrons. The van der Waals surface area contributed by atoms with Gasteiger partial charge in [0.05, 0.1) is 12.7 Å². The first-order valence-electron chi connectivity index (χ1n) is 12.5. The van der Waals surface area contributed by atoms with Gasteiger partial charge < -0.3 is 19.7 Å². The Bertz CT molecular complexity index is 1180. The molecular formula is C27H29ClFN3O5. The van der Waals surface area contributed by atoms with E-state index in [1.165, 1.54) is 23.1 Å². The van der Waals surface area contributed by atoms with Gasteiger partial charge in [0.2, 0.25) is 5.91 Å². The van der Waals surface area contributed by atoms with Crippen molar-refractivity contribution in [3.63, 3.8) is 0 Å². The highest BCUT2D eigenvalue weighted by atomic mass is 35.5. The van der Waals surface area contributed by atoms with Crippen molar-refractivity contribution in [3.8, 4) is 0 Å². The number of ether oxygens (including phenoxy) is 2. The largest absolute Gasteiger partial charge is 0.376 e. The van der Waals surface area contributed by atoms with E-state index < -0.39 is 23.5 Å². The molecule has 1 spiro atoms.